The minimum absolute atomic E-state index is 0.622. The van der Waals surface area contributed by atoms with Gasteiger partial charge in [0, 0.05) is 98.1 Å². The van der Waals surface area contributed by atoms with E-state index in [2.05, 4.69) is 376 Å². The summed E-state index contributed by atoms with van der Waals surface area (Å²) in [6.45, 7) is 10.7. The molecule has 0 aliphatic rings. The fourth-order valence-corrected chi connectivity index (χ4v) is 20.7. The zero-order valence-corrected chi connectivity index (χ0v) is 82.9. The van der Waals surface area contributed by atoms with E-state index in [1.165, 1.54) is 81.4 Å². The van der Waals surface area contributed by atoms with Crippen LogP contribution < -0.4 is 0 Å². The molecule has 27 rings (SSSR count). The lowest BCUT2D eigenvalue weighted by atomic mass is 9.95. The zero-order chi connectivity index (χ0) is 99.8. The summed E-state index contributed by atoms with van der Waals surface area (Å²) in [4.78, 5) is 43.9. The van der Waals surface area contributed by atoms with Gasteiger partial charge < -0.3 is 4.42 Å². The van der Waals surface area contributed by atoms with Crippen LogP contribution in [0.3, 0.4) is 0 Å². The lowest BCUT2D eigenvalue weighted by molar-refractivity contribution is 0.669. The Bertz CT molecular complexity index is 9100. The van der Waals surface area contributed by atoms with Gasteiger partial charge in [-0.1, -0.05) is 394 Å². The average Bonchev–Trinajstić information content (AvgIpc) is 1.63. The maximum atomic E-state index is 6.15. The molecule has 13 nitrogen and oxygen atoms in total. The second-order valence-electron chi connectivity index (χ2n) is 36.5. The van der Waals surface area contributed by atoms with Crippen molar-refractivity contribution in [1.29, 1.82) is 0 Å². The highest BCUT2D eigenvalue weighted by atomic mass is 32.1. The van der Waals surface area contributed by atoms with Gasteiger partial charge in [0.25, 0.3) is 0 Å². The van der Waals surface area contributed by atoms with Crippen LogP contribution >= 0.6 is 11.3 Å². The van der Waals surface area contributed by atoms with Crippen molar-refractivity contribution >= 4 is 86.5 Å². The Morgan fingerprint density at radius 1 is 0.182 bits per heavy atom. The summed E-state index contributed by atoms with van der Waals surface area (Å²) in [5.41, 5.74) is 34.3. The van der Waals surface area contributed by atoms with Crippen molar-refractivity contribution in [1.82, 2.24) is 58.6 Å². The molecule has 0 radical (unpaired) electrons. The van der Waals surface area contributed by atoms with Gasteiger partial charge in [-0.2, -0.15) is 0 Å². The highest BCUT2D eigenvalue weighted by molar-refractivity contribution is 7.25. The third kappa shape index (κ3) is 19.2. The van der Waals surface area contributed by atoms with Gasteiger partial charge in [-0.25, -0.2) is 44.9 Å². The fourth-order valence-electron chi connectivity index (χ4n) is 19.5. The Hall–Kier alpha value is -19.2. The lowest BCUT2D eigenvalue weighted by Crippen LogP contribution is -2.00. The Morgan fingerprint density at radius 3 is 0.966 bits per heavy atom. The normalized spacial score (nSPS) is 11.1. The van der Waals surface area contributed by atoms with Crippen molar-refractivity contribution in [2.45, 2.75) is 34.6 Å². The Balaban J connectivity index is 0.000000102. The number of para-hydroxylation sites is 9. The summed E-state index contributed by atoms with van der Waals surface area (Å²) in [6, 6.07) is 173. The third-order valence-corrected chi connectivity index (χ3v) is 27.9. The second kappa shape index (κ2) is 41.8. The van der Waals surface area contributed by atoms with Crippen LogP contribution in [0.25, 0.3) is 228 Å². The third-order valence-electron chi connectivity index (χ3n) is 26.8. The summed E-state index contributed by atoms with van der Waals surface area (Å²) < 4.78 is 15.4. The van der Waals surface area contributed by atoms with E-state index in [1.54, 1.807) is 0 Å². The monoisotopic (exact) mass is 1920 g/mol. The molecule has 27 aromatic rings. The largest absolute Gasteiger partial charge is 0.456 e. The van der Waals surface area contributed by atoms with Crippen molar-refractivity contribution in [3.8, 4) is 153 Å². The minimum atomic E-state index is 0.622. The van der Waals surface area contributed by atoms with Crippen molar-refractivity contribution in [3.05, 3.63) is 531 Å². The number of hydrogen-bond donors (Lipinski definition) is 0. The predicted octanol–water partition coefficient (Wildman–Crippen LogP) is 34.6. The smallest absolute Gasteiger partial charge is 0.164 e. The topological polar surface area (TPSA) is 144 Å². The molecule has 0 unspecified atom stereocenters. The summed E-state index contributed by atoms with van der Waals surface area (Å²) in [7, 11) is 0. The van der Waals surface area contributed by atoms with Crippen molar-refractivity contribution in [3.63, 3.8) is 0 Å². The molecule has 0 amide bonds. The van der Waals surface area contributed by atoms with E-state index in [9.17, 15) is 0 Å². The molecule has 0 atom stereocenters. The first-order chi connectivity index (χ1) is 73.0. The van der Waals surface area contributed by atoms with Crippen LogP contribution in [0.15, 0.2) is 508 Å². The van der Waals surface area contributed by atoms with Gasteiger partial charge in [0.1, 0.15) is 28.6 Å². The van der Waals surface area contributed by atoms with E-state index in [-0.39, 0.29) is 0 Å². The Kier molecular flexibility index (Phi) is 26.1. The molecule has 0 saturated heterocycles. The predicted molar refractivity (Wildman–Crippen MR) is 612 cm³/mol. The zero-order valence-electron chi connectivity index (χ0n) is 82.1. The molecule has 20 aromatic carbocycles. The average molecular weight is 1920 g/mol. The van der Waals surface area contributed by atoms with Gasteiger partial charge in [0.15, 0.2) is 34.9 Å². The molecule has 0 aliphatic carbocycles. The van der Waals surface area contributed by atoms with Crippen molar-refractivity contribution in [2.24, 2.45) is 0 Å². The minimum Gasteiger partial charge on any atom is -0.456 e. The SMILES string of the molecule is Cc1cccc2oc3cc(-c4nc(-c5ccccc5)nc(-c5ccccc5)n4)ccc3c12.Cc1cccc2sc3cc(-c4nc(-c5ccccc5)nc(-c5ccccc5)n4)ccc3c12.Cc1ccccc1-c1ccc(-c2nc3ccccc3n2-c2ccccc2)cc1.Cc1ccccc1-c1cccc(-c2nc3ccccc3n2-c2ccccc2)c1.Cc1ccccc1-c1ccccc1-c1nc2ccccc2n1-c1ccccc1. The molecular weight excluding hydrogens is 1830 g/mol. The van der Waals surface area contributed by atoms with E-state index in [0.717, 1.165) is 140 Å². The molecule has 0 aliphatic heterocycles. The van der Waals surface area contributed by atoms with Crippen molar-refractivity contribution in [2.75, 3.05) is 0 Å². The second-order valence-corrected chi connectivity index (χ2v) is 37.6. The molecule has 0 bridgehead atoms. The maximum Gasteiger partial charge on any atom is 0.164 e. The summed E-state index contributed by atoms with van der Waals surface area (Å²) in [6.07, 6.45) is 0. The van der Waals surface area contributed by atoms with Crippen LogP contribution in [0.1, 0.15) is 27.8 Å². The first kappa shape index (κ1) is 92.6. The van der Waals surface area contributed by atoms with Crippen LogP contribution in [-0.4, -0.2) is 58.6 Å². The Labute approximate surface area is 862 Å². The van der Waals surface area contributed by atoms with E-state index in [0.29, 0.717) is 34.9 Å². The molecule has 0 N–H and O–H groups in total. The first-order valence-electron chi connectivity index (χ1n) is 49.6. The van der Waals surface area contributed by atoms with Gasteiger partial charge in [0.05, 0.1) is 33.1 Å². The maximum absolute atomic E-state index is 6.15. The summed E-state index contributed by atoms with van der Waals surface area (Å²) in [5.74, 6) is 6.86. The number of furan rings is 1. The summed E-state index contributed by atoms with van der Waals surface area (Å²) >= 11 is 1.81. The molecule has 148 heavy (non-hydrogen) atoms. The van der Waals surface area contributed by atoms with Crippen LogP contribution in [0.4, 0.5) is 0 Å². The summed E-state index contributed by atoms with van der Waals surface area (Å²) in [5, 5.41) is 4.87. The molecule has 14 heteroatoms. The number of fused-ring (bicyclic) bond motifs is 9. The molecule has 706 valence electrons. The number of rotatable bonds is 15. The van der Waals surface area contributed by atoms with Gasteiger partial charge in [0.2, 0.25) is 0 Å². The fraction of sp³-hybridized carbons (Fsp3) is 0.0373. The van der Waals surface area contributed by atoms with Gasteiger partial charge in [-0.3, -0.25) is 13.7 Å². The van der Waals surface area contributed by atoms with E-state index in [1.807, 2.05) is 187 Å². The number of aryl methyl sites for hydroxylation is 5. The van der Waals surface area contributed by atoms with Gasteiger partial charge in [-0.05, 0) is 205 Å². The van der Waals surface area contributed by atoms with E-state index >= 15 is 0 Å². The van der Waals surface area contributed by atoms with Crippen LogP contribution in [0.2, 0.25) is 0 Å². The van der Waals surface area contributed by atoms with Gasteiger partial charge in [-0.15, -0.1) is 11.3 Å². The van der Waals surface area contributed by atoms with E-state index < -0.39 is 0 Å². The number of hydrogen-bond acceptors (Lipinski definition) is 11. The molecule has 0 fully saturated rings. The Morgan fingerprint density at radius 2 is 0.500 bits per heavy atom. The molecular formula is C134H98N12OS. The first-order valence-corrected chi connectivity index (χ1v) is 50.4. The highest BCUT2D eigenvalue weighted by Crippen LogP contribution is 2.43. The highest BCUT2D eigenvalue weighted by Gasteiger charge is 2.24. The van der Waals surface area contributed by atoms with Crippen LogP contribution in [-0.2, 0) is 0 Å². The van der Waals surface area contributed by atoms with Gasteiger partial charge >= 0.3 is 0 Å². The van der Waals surface area contributed by atoms with Crippen molar-refractivity contribution < 1.29 is 4.42 Å². The number of nitrogens with zero attached hydrogens (tertiary/aromatic N) is 12. The van der Waals surface area contributed by atoms with E-state index in [4.69, 9.17) is 49.3 Å². The molecule has 0 saturated carbocycles. The number of benzene rings is 20. The molecule has 7 aromatic heterocycles. The number of thiophene rings is 1. The van der Waals surface area contributed by atoms with Crippen LogP contribution in [0, 0.1) is 34.6 Å². The number of imidazole rings is 3. The molecule has 0 spiro atoms. The number of aromatic nitrogens is 12. The molecule has 7 heterocycles. The van der Waals surface area contributed by atoms with Crippen LogP contribution in [0.5, 0.6) is 0 Å². The lowest BCUT2D eigenvalue weighted by Gasteiger charge is -2.14. The standard InChI is InChI=1S/C28H19N3O.C28H19N3S.3C26H20N2/c2*1-18-9-8-14-23-25(18)22-16-15-21(17-24(22)32-23)28-30-26(19-10-4-2-5-11-19)29-27(31-28)20-12-6-3-7-13-20;1-19-11-5-6-14-21(19)22-15-7-8-16-23(22)26-27-24-17-9-10-18-25(24)28(26)20-12-3-2-4-13-20;1-19-10-5-6-15-23(19)20-11-9-12-21(18-20)26-27-24-16-7-8-17-25(24)28(26)22-13-3-2-4-14-22;1-19-9-5-6-12-23(19)20-15-17-21(18-16-20)26-27-24-13-7-8-14-25(24)28(26)22-10-3-2-4-11-22/h2*2-17H,1H3;3*2-18H,1H3. The quantitative estimate of drug-likeness (QED) is 0.0973.